The second-order valence-electron chi connectivity index (χ2n) is 5.95. The Balaban J connectivity index is 2.22. The van der Waals surface area contributed by atoms with Crippen LogP contribution in [-0.2, 0) is 17.1 Å². The summed E-state index contributed by atoms with van der Waals surface area (Å²) in [6.45, 7) is 0.595. The summed E-state index contributed by atoms with van der Waals surface area (Å²) in [6.07, 6.45) is -9.49. The van der Waals surface area contributed by atoms with Gasteiger partial charge >= 0.3 is 12.4 Å². The second kappa shape index (κ2) is 8.54. The van der Waals surface area contributed by atoms with E-state index in [2.05, 4.69) is 5.32 Å². The van der Waals surface area contributed by atoms with E-state index in [-0.39, 0.29) is 6.54 Å². The molecular formula is C19H16F6N2O2. The average Bonchev–Trinajstić information content (AvgIpc) is 2.64. The number of nitrogens with one attached hydrogen (secondary N) is 1. The number of anilines is 1. The summed E-state index contributed by atoms with van der Waals surface area (Å²) >= 11 is 0. The number of benzene rings is 2. The summed E-state index contributed by atoms with van der Waals surface area (Å²) in [5.74, 6) is -2.03. The van der Waals surface area contributed by atoms with Crippen LogP contribution in [0.1, 0.15) is 28.4 Å². The smallest absolute Gasteiger partial charge is 0.330 e. The SMILES string of the molecule is CCN(CC(=O)Nc1ccccc1C(F)(F)F)C(=O)c1ccccc1C(F)(F)F. The van der Waals surface area contributed by atoms with Crippen LogP contribution in [0.15, 0.2) is 48.5 Å². The molecule has 0 aliphatic heterocycles. The van der Waals surface area contributed by atoms with Crippen molar-refractivity contribution in [2.75, 3.05) is 18.4 Å². The van der Waals surface area contributed by atoms with Crippen LogP contribution < -0.4 is 5.32 Å². The van der Waals surface area contributed by atoms with Crippen molar-refractivity contribution in [1.29, 1.82) is 0 Å². The number of hydrogen-bond donors (Lipinski definition) is 1. The third kappa shape index (κ3) is 5.49. The molecule has 0 radical (unpaired) electrons. The molecule has 4 nitrogen and oxygen atoms in total. The van der Waals surface area contributed by atoms with Gasteiger partial charge in [-0.25, -0.2) is 0 Å². The molecule has 0 fully saturated rings. The standard InChI is InChI=1S/C19H16F6N2O2/c1-2-27(17(29)12-7-3-4-8-13(12)18(20,21)22)11-16(28)26-15-10-6-5-9-14(15)19(23,24)25/h3-10H,2,11H2,1H3,(H,26,28). The maximum Gasteiger partial charge on any atom is 0.418 e. The van der Waals surface area contributed by atoms with Gasteiger partial charge in [-0.3, -0.25) is 9.59 Å². The number of halogens is 6. The Kier molecular flexibility index (Phi) is 6.55. The van der Waals surface area contributed by atoms with E-state index in [4.69, 9.17) is 0 Å². The molecule has 0 bridgehead atoms. The summed E-state index contributed by atoms with van der Waals surface area (Å²) in [5, 5.41) is 2.06. The molecule has 10 heteroatoms. The molecule has 0 heterocycles. The van der Waals surface area contributed by atoms with Crippen LogP contribution >= 0.6 is 0 Å². The van der Waals surface area contributed by atoms with Crippen molar-refractivity contribution in [3.8, 4) is 0 Å². The molecule has 0 aromatic heterocycles. The third-order valence-electron chi connectivity index (χ3n) is 3.97. The largest absolute Gasteiger partial charge is 0.418 e. The van der Waals surface area contributed by atoms with Crippen molar-refractivity contribution in [3.05, 3.63) is 65.2 Å². The Morgan fingerprint density at radius 3 is 1.93 bits per heavy atom. The lowest BCUT2D eigenvalue weighted by Gasteiger charge is -2.23. The minimum absolute atomic E-state index is 0.126. The molecule has 1 N–H and O–H groups in total. The predicted molar refractivity (Wildman–Crippen MR) is 93.1 cm³/mol. The first kappa shape index (κ1) is 22.3. The normalized spacial score (nSPS) is 11.8. The zero-order chi connectivity index (χ0) is 21.8. The van der Waals surface area contributed by atoms with Gasteiger partial charge in [0, 0.05) is 6.54 Å². The lowest BCUT2D eigenvalue weighted by atomic mass is 10.1. The van der Waals surface area contributed by atoms with Crippen molar-refractivity contribution < 1.29 is 35.9 Å². The minimum atomic E-state index is -4.78. The highest BCUT2D eigenvalue weighted by molar-refractivity contribution is 6.00. The van der Waals surface area contributed by atoms with Gasteiger partial charge in [-0.05, 0) is 31.2 Å². The molecule has 0 aliphatic carbocycles. The fourth-order valence-electron chi connectivity index (χ4n) is 2.62. The average molecular weight is 418 g/mol. The van der Waals surface area contributed by atoms with Crippen LogP contribution in [-0.4, -0.2) is 29.8 Å². The first-order valence-corrected chi connectivity index (χ1v) is 8.36. The monoisotopic (exact) mass is 418 g/mol. The van der Waals surface area contributed by atoms with Crippen molar-refractivity contribution in [2.45, 2.75) is 19.3 Å². The van der Waals surface area contributed by atoms with Crippen LogP contribution in [0.25, 0.3) is 0 Å². The minimum Gasteiger partial charge on any atom is -0.330 e. The van der Waals surface area contributed by atoms with E-state index in [0.717, 1.165) is 41.3 Å². The van der Waals surface area contributed by atoms with E-state index in [0.29, 0.717) is 0 Å². The molecule has 0 unspecified atom stereocenters. The zero-order valence-electron chi connectivity index (χ0n) is 15.1. The van der Waals surface area contributed by atoms with Crippen LogP contribution in [0.3, 0.4) is 0 Å². The molecule has 2 aromatic carbocycles. The number of carbonyl (C=O) groups excluding carboxylic acids is 2. The Hall–Kier alpha value is -3.04. The summed E-state index contributed by atoms with van der Waals surface area (Å²) in [6, 6.07) is 8.33. The third-order valence-corrected chi connectivity index (χ3v) is 3.97. The van der Waals surface area contributed by atoms with E-state index >= 15 is 0 Å². The molecular weight excluding hydrogens is 402 g/mol. The van der Waals surface area contributed by atoms with Gasteiger partial charge in [-0.15, -0.1) is 0 Å². The predicted octanol–water partition coefficient (Wildman–Crippen LogP) is 4.83. The number of para-hydroxylation sites is 1. The topological polar surface area (TPSA) is 49.4 Å². The number of likely N-dealkylation sites (N-methyl/N-ethyl adjacent to an activating group) is 1. The fraction of sp³-hybridized carbons (Fsp3) is 0.263. The molecule has 0 atom stereocenters. The van der Waals surface area contributed by atoms with Crippen molar-refractivity contribution in [1.82, 2.24) is 4.90 Å². The number of alkyl halides is 6. The molecule has 0 spiro atoms. The van der Waals surface area contributed by atoms with Gasteiger partial charge in [0.25, 0.3) is 5.91 Å². The van der Waals surface area contributed by atoms with Gasteiger partial charge < -0.3 is 10.2 Å². The van der Waals surface area contributed by atoms with E-state index in [1.54, 1.807) is 0 Å². The zero-order valence-corrected chi connectivity index (χ0v) is 15.1. The number of amides is 2. The number of rotatable bonds is 5. The maximum atomic E-state index is 13.1. The van der Waals surface area contributed by atoms with Gasteiger partial charge in [0.1, 0.15) is 6.54 Å². The molecule has 0 aliphatic rings. The quantitative estimate of drug-likeness (QED) is 0.708. The van der Waals surface area contributed by atoms with E-state index < -0.39 is 53.1 Å². The summed E-state index contributed by atoms with van der Waals surface area (Å²) < 4.78 is 78.4. The number of nitrogens with zero attached hydrogens (tertiary/aromatic N) is 1. The molecule has 29 heavy (non-hydrogen) atoms. The first-order valence-electron chi connectivity index (χ1n) is 8.36. The molecule has 2 rings (SSSR count). The highest BCUT2D eigenvalue weighted by Crippen LogP contribution is 2.35. The summed E-state index contributed by atoms with van der Waals surface area (Å²) in [7, 11) is 0. The van der Waals surface area contributed by atoms with Gasteiger partial charge in [0.2, 0.25) is 5.91 Å². The number of carbonyl (C=O) groups is 2. The lowest BCUT2D eigenvalue weighted by molar-refractivity contribution is -0.138. The lowest BCUT2D eigenvalue weighted by Crippen LogP contribution is -2.38. The van der Waals surface area contributed by atoms with Gasteiger partial charge in [0.05, 0.1) is 22.4 Å². The summed E-state index contributed by atoms with van der Waals surface area (Å²) in [5.41, 5.74) is -3.40. The fourth-order valence-corrected chi connectivity index (χ4v) is 2.62. The highest BCUT2D eigenvalue weighted by atomic mass is 19.4. The van der Waals surface area contributed by atoms with Crippen LogP contribution in [0.4, 0.5) is 32.0 Å². The second-order valence-corrected chi connectivity index (χ2v) is 5.95. The molecule has 2 amide bonds. The molecule has 2 aromatic rings. The van der Waals surface area contributed by atoms with E-state index in [9.17, 15) is 35.9 Å². The first-order chi connectivity index (χ1) is 13.4. The maximum absolute atomic E-state index is 13.1. The van der Waals surface area contributed by atoms with Gasteiger partial charge in [-0.2, -0.15) is 26.3 Å². The Labute approximate surface area is 162 Å². The van der Waals surface area contributed by atoms with E-state index in [1.807, 2.05) is 0 Å². The Morgan fingerprint density at radius 2 is 1.38 bits per heavy atom. The van der Waals surface area contributed by atoms with Gasteiger partial charge in [0.15, 0.2) is 0 Å². The van der Waals surface area contributed by atoms with E-state index in [1.165, 1.54) is 19.1 Å². The van der Waals surface area contributed by atoms with Crippen molar-refractivity contribution in [3.63, 3.8) is 0 Å². The van der Waals surface area contributed by atoms with Crippen LogP contribution in [0.2, 0.25) is 0 Å². The molecule has 0 saturated heterocycles. The van der Waals surface area contributed by atoms with Crippen LogP contribution in [0.5, 0.6) is 0 Å². The highest BCUT2D eigenvalue weighted by Gasteiger charge is 2.36. The van der Waals surface area contributed by atoms with Crippen molar-refractivity contribution in [2.24, 2.45) is 0 Å². The van der Waals surface area contributed by atoms with Crippen LogP contribution in [0, 0.1) is 0 Å². The molecule has 156 valence electrons. The van der Waals surface area contributed by atoms with Crippen molar-refractivity contribution >= 4 is 17.5 Å². The molecule has 0 saturated carbocycles. The Bertz CT molecular complexity index is 893. The number of hydrogen-bond acceptors (Lipinski definition) is 2. The van der Waals surface area contributed by atoms with Gasteiger partial charge in [-0.1, -0.05) is 24.3 Å². The summed E-state index contributed by atoms with van der Waals surface area (Å²) in [4.78, 5) is 25.5. The Morgan fingerprint density at radius 1 is 0.862 bits per heavy atom.